The molecular formula is C17H17FN4OS. The monoisotopic (exact) mass is 344 g/mol. The minimum Gasteiger partial charge on any atom is -0.492 e. The third kappa shape index (κ3) is 3.51. The van der Waals surface area contributed by atoms with Crippen LogP contribution in [0.25, 0.3) is 11.4 Å². The van der Waals surface area contributed by atoms with Gasteiger partial charge in [0.15, 0.2) is 5.82 Å². The average Bonchev–Trinajstić information content (AvgIpc) is 2.94. The summed E-state index contributed by atoms with van der Waals surface area (Å²) in [5.74, 6) is 7.42. The highest BCUT2D eigenvalue weighted by Crippen LogP contribution is 2.24. The van der Waals surface area contributed by atoms with Gasteiger partial charge in [-0.05, 0) is 30.7 Å². The van der Waals surface area contributed by atoms with E-state index in [4.69, 9.17) is 10.6 Å². The molecule has 5 nitrogen and oxygen atoms in total. The summed E-state index contributed by atoms with van der Waals surface area (Å²) in [4.78, 5) is 0. The van der Waals surface area contributed by atoms with E-state index >= 15 is 0 Å². The molecule has 7 heteroatoms. The average molecular weight is 344 g/mol. The van der Waals surface area contributed by atoms with Crippen LogP contribution in [0.2, 0.25) is 0 Å². The summed E-state index contributed by atoms with van der Waals surface area (Å²) in [6.45, 7) is 2.51. The van der Waals surface area contributed by atoms with E-state index in [1.807, 2.05) is 31.2 Å². The molecule has 0 unspecified atom stereocenters. The Hall–Kier alpha value is -2.54. The van der Waals surface area contributed by atoms with E-state index in [0.29, 0.717) is 28.9 Å². The number of ether oxygens (including phenoxy) is 1. The van der Waals surface area contributed by atoms with E-state index in [9.17, 15) is 4.39 Å². The number of nitrogen functional groups attached to an aromatic ring is 1. The van der Waals surface area contributed by atoms with Crippen molar-refractivity contribution in [3.8, 4) is 17.1 Å². The SMILES string of the molecule is Cc1ccccc1OCCSc1nnc(-c2ccccc2F)n1N. The Morgan fingerprint density at radius 3 is 2.67 bits per heavy atom. The van der Waals surface area contributed by atoms with Gasteiger partial charge in [-0.25, -0.2) is 9.07 Å². The first-order valence-electron chi connectivity index (χ1n) is 7.43. The van der Waals surface area contributed by atoms with E-state index in [0.717, 1.165) is 11.3 Å². The number of aromatic nitrogens is 3. The molecule has 0 saturated heterocycles. The van der Waals surface area contributed by atoms with Crippen molar-refractivity contribution in [2.24, 2.45) is 0 Å². The van der Waals surface area contributed by atoms with Gasteiger partial charge in [0.05, 0.1) is 12.2 Å². The topological polar surface area (TPSA) is 66.0 Å². The molecule has 0 bridgehead atoms. The van der Waals surface area contributed by atoms with Crippen molar-refractivity contribution in [3.05, 3.63) is 59.9 Å². The van der Waals surface area contributed by atoms with Crippen LogP contribution in [0.15, 0.2) is 53.7 Å². The van der Waals surface area contributed by atoms with Gasteiger partial charge in [0.1, 0.15) is 11.6 Å². The maximum absolute atomic E-state index is 13.8. The lowest BCUT2D eigenvalue weighted by Crippen LogP contribution is -2.12. The maximum Gasteiger partial charge on any atom is 0.210 e. The number of nitrogens with zero attached hydrogens (tertiary/aromatic N) is 3. The zero-order valence-corrected chi connectivity index (χ0v) is 14.0. The fraction of sp³-hybridized carbons (Fsp3) is 0.176. The van der Waals surface area contributed by atoms with Crippen molar-refractivity contribution < 1.29 is 9.13 Å². The van der Waals surface area contributed by atoms with Crippen molar-refractivity contribution in [1.82, 2.24) is 14.9 Å². The fourth-order valence-electron chi connectivity index (χ4n) is 2.20. The molecule has 24 heavy (non-hydrogen) atoms. The van der Waals surface area contributed by atoms with Gasteiger partial charge in [-0.15, -0.1) is 10.2 Å². The van der Waals surface area contributed by atoms with Crippen LogP contribution in [0, 0.1) is 12.7 Å². The molecule has 0 aliphatic carbocycles. The molecule has 124 valence electrons. The minimum absolute atomic E-state index is 0.301. The largest absolute Gasteiger partial charge is 0.492 e. The van der Waals surface area contributed by atoms with Crippen LogP contribution in [-0.4, -0.2) is 27.2 Å². The predicted octanol–water partition coefficient (Wildman–Crippen LogP) is 3.28. The second kappa shape index (κ2) is 7.35. The zero-order chi connectivity index (χ0) is 16.9. The summed E-state index contributed by atoms with van der Waals surface area (Å²) >= 11 is 1.41. The fourth-order valence-corrected chi connectivity index (χ4v) is 2.88. The first-order chi connectivity index (χ1) is 11.7. The van der Waals surface area contributed by atoms with Crippen molar-refractivity contribution in [3.63, 3.8) is 0 Å². The molecular weight excluding hydrogens is 327 g/mol. The number of rotatable bonds is 6. The molecule has 0 atom stereocenters. The zero-order valence-electron chi connectivity index (χ0n) is 13.1. The Labute approximate surface area is 143 Å². The van der Waals surface area contributed by atoms with Gasteiger partial charge in [-0.1, -0.05) is 42.1 Å². The van der Waals surface area contributed by atoms with Gasteiger partial charge in [0.2, 0.25) is 5.16 Å². The highest BCUT2D eigenvalue weighted by atomic mass is 32.2. The standard InChI is InChI=1S/C17H17FN4OS/c1-12-6-2-5-9-15(12)23-10-11-24-17-21-20-16(22(17)19)13-7-3-4-8-14(13)18/h2-9H,10-11,19H2,1H3. The number of benzene rings is 2. The molecule has 0 aliphatic heterocycles. The number of para-hydroxylation sites is 1. The smallest absolute Gasteiger partial charge is 0.210 e. The van der Waals surface area contributed by atoms with Gasteiger partial charge >= 0.3 is 0 Å². The molecule has 1 heterocycles. The molecule has 0 amide bonds. The third-order valence-electron chi connectivity index (χ3n) is 3.44. The summed E-state index contributed by atoms with van der Waals surface area (Å²) in [5.41, 5.74) is 1.42. The Balaban J connectivity index is 1.61. The van der Waals surface area contributed by atoms with Crippen molar-refractivity contribution in [1.29, 1.82) is 0 Å². The number of hydrogen-bond donors (Lipinski definition) is 1. The molecule has 2 aromatic carbocycles. The van der Waals surface area contributed by atoms with E-state index < -0.39 is 0 Å². The van der Waals surface area contributed by atoms with E-state index in [2.05, 4.69) is 10.2 Å². The number of nitrogens with two attached hydrogens (primary N) is 1. The molecule has 3 aromatic rings. The minimum atomic E-state index is -0.379. The first-order valence-corrected chi connectivity index (χ1v) is 8.42. The van der Waals surface area contributed by atoms with Crippen molar-refractivity contribution in [2.45, 2.75) is 12.1 Å². The van der Waals surface area contributed by atoms with Crippen LogP contribution in [-0.2, 0) is 0 Å². The normalized spacial score (nSPS) is 10.8. The van der Waals surface area contributed by atoms with Crippen LogP contribution in [0.4, 0.5) is 4.39 Å². The molecule has 0 saturated carbocycles. The molecule has 3 rings (SSSR count). The van der Waals surface area contributed by atoms with Gasteiger partial charge in [0, 0.05) is 5.75 Å². The van der Waals surface area contributed by atoms with E-state index in [-0.39, 0.29) is 5.82 Å². The third-order valence-corrected chi connectivity index (χ3v) is 4.35. The molecule has 0 spiro atoms. The Bertz CT molecular complexity index is 837. The van der Waals surface area contributed by atoms with Gasteiger partial charge in [0.25, 0.3) is 0 Å². The molecule has 2 N–H and O–H groups in total. The van der Waals surface area contributed by atoms with Crippen LogP contribution >= 0.6 is 11.8 Å². The lowest BCUT2D eigenvalue weighted by Gasteiger charge is -2.08. The van der Waals surface area contributed by atoms with Crippen LogP contribution < -0.4 is 10.6 Å². The van der Waals surface area contributed by atoms with Crippen molar-refractivity contribution >= 4 is 11.8 Å². The Kier molecular flexibility index (Phi) is 5.00. The van der Waals surface area contributed by atoms with Crippen LogP contribution in [0.5, 0.6) is 5.75 Å². The summed E-state index contributed by atoms with van der Waals surface area (Å²) in [7, 11) is 0. The predicted molar refractivity (Wildman–Crippen MR) is 93.0 cm³/mol. The number of thioether (sulfide) groups is 1. The molecule has 0 aliphatic rings. The highest BCUT2D eigenvalue weighted by Gasteiger charge is 2.15. The quantitative estimate of drug-likeness (QED) is 0.422. The van der Waals surface area contributed by atoms with Gasteiger partial charge < -0.3 is 10.6 Å². The van der Waals surface area contributed by atoms with Gasteiger partial charge in [-0.3, -0.25) is 0 Å². The lowest BCUT2D eigenvalue weighted by atomic mass is 10.2. The van der Waals surface area contributed by atoms with Crippen molar-refractivity contribution in [2.75, 3.05) is 18.2 Å². The summed E-state index contributed by atoms with van der Waals surface area (Å²) in [5, 5.41) is 8.52. The summed E-state index contributed by atoms with van der Waals surface area (Å²) in [6, 6.07) is 14.2. The first kappa shape index (κ1) is 16.3. The number of halogens is 1. The lowest BCUT2D eigenvalue weighted by molar-refractivity contribution is 0.341. The van der Waals surface area contributed by atoms with E-state index in [1.165, 1.54) is 22.5 Å². The number of aryl methyl sites for hydroxylation is 1. The molecule has 1 aromatic heterocycles. The molecule has 0 radical (unpaired) electrons. The Morgan fingerprint density at radius 2 is 1.88 bits per heavy atom. The summed E-state index contributed by atoms with van der Waals surface area (Å²) < 4.78 is 20.9. The number of hydrogen-bond acceptors (Lipinski definition) is 5. The van der Waals surface area contributed by atoms with Gasteiger partial charge in [-0.2, -0.15) is 0 Å². The van der Waals surface area contributed by atoms with E-state index in [1.54, 1.807) is 18.2 Å². The van der Waals surface area contributed by atoms with Crippen LogP contribution in [0.3, 0.4) is 0 Å². The summed E-state index contributed by atoms with van der Waals surface area (Å²) in [6.07, 6.45) is 0. The second-order valence-electron chi connectivity index (χ2n) is 5.12. The maximum atomic E-state index is 13.8. The van der Waals surface area contributed by atoms with Crippen LogP contribution in [0.1, 0.15) is 5.56 Å². The molecule has 0 fully saturated rings. The highest BCUT2D eigenvalue weighted by molar-refractivity contribution is 7.99. The Morgan fingerprint density at radius 1 is 1.12 bits per heavy atom. The second-order valence-corrected chi connectivity index (χ2v) is 6.18.